The molecule has 0 spiro atoms. The van der Waals surface area contributed by atoms with Gasteiger partial charge in [-0.15, -0.1) is 0 Å². The highest BCUT2D eigenvalue weighted by Gasteiger charge is 2.36. The highest BCUT2D eigenvalue weighted by atomic mass is 16.4. The minimum atomic E-state index is -0.873. The van der Waals surface area contributed by atoms with Gasteiger partial charge in [0.2, 0.25) is 0 Å². The van der Waals surface area contributed by atoms with E-state index < -0.39 is 11.9 Å². The van der Waals surface area contributed by atoms with E-state index in [-0.39, 0.29) is 18.5 Å². The van der Waals surface area contributed by atoms with Crippen LogP contribution in [0.1, 0.15) is 68.7 Å². The average molecular weight is 321 g/mol. The zero-order chi connectivity index (χ0) is 17.1. The third kappa shape index (κ3) is 3.92. The number of amides is 1. The topological polar surface area (TPSA) is 75.4 Å². The summed E-state index contributed by atoms with van der Waals surface area (Å²) in [6.45, 7) is 8.07. The molecule has 1 aliphatic carbocycles. The minimum absolute atomic E-state index is 0.145. The molecule has 0 aromatic carbocycles. The number of rotatable bonds is 8. The number of carbonyl (C=O) groups is 2. The third-order valence-corrected chi connectivity index (χ3v) is 4.57. The number of hydrogen-bond acceptors (Lipinski definition) is 3. The number of hydrogen-bond donors (Lipinski definition) is 1. The molecule has 1 aliphatic rings. The molecule has 1 unspecified atom stereocenters. The van der Waals surface area contributed by atoms with Gasteiger partial charge >= 0.3 is 5.97 Å². The lowest BCUT2D eigenvalue weighted by atomic mass is 10.1. The second-order valence-corrected chi connectivity index (χ2v) is 6.51. The van der Waals surface area contributed by atoms with E-state index in [1.807, 2.05) is 17.7 Å². The maximum atomic E-state index is 12.8. The quantitative estimate of drug-likeness (QED) is 0.799. The molecule has 23 heavy (non-hydrogen) atoms. The van der Waals surface area contributed by atoms with Crippen LogP contribution in [-0.2, 0) is 4.79 Å². The highest BCUT2D eigenvalue weighted by molar-refractivity contribution is 5.93. The van der Waals surface area contributed by atoms with E-state index in [2.05, 4.69) is 18.9 Å². The summed E-state index contributed by atoms with van der Waals surface area (Å²) in [5, 5.41) is 13.6. The van der Waals surface area contributed by atoms with E-state index in [0.29, 0.717) is 11.7 Å². The van der Waals surface area contributed by atoms with Gasteiger partial charge in [0.15, 0.2) is 5.69 Å². The largest absolute Gasteiger partial charge is 0.481 e. The molecule has 1 aromatic heterocycles. The van der Waals surface area contributed by atoms with Crippen molar-refractivity contribution in [1.29, 1.82) is 0 Å². The van der Waals surface area contributed by atoms with Gasteiger partial charge in [0.1, 0.15) is 0 Å². The summed E-state index contributed by atoms with van der Waals surface area (Å²) in [4.78, 5) is 25.6. The van der Waals surface area contributed by atoms with Crippen LogP contribution in [-0.4, -0.2) is 44.3 Å². The van der Waals surface area contributed by atoms with Crippen LogP contribution in [0.5, 0.6) is 0 Å². The Morgan fingerprint density at radius 3 is 2.48 bits per heavy atom. The molecule has 1 heterocycles. The van der Waals surface area contributed by atoms with Crippen molar-refractivity contribution in [3.05, 3.63) is 17.5 Å². The molecule has 6 nitrogen and oxygen atoms in total. The number of nitrogens with zero attached hydrogens (tertiary/aromatic N) is 3. The van der Waals surface area contributed by atoms with Crippen molar-refractivity contribution in [2.75, 3.05) is 6.54 Å². The Morgan fingerprint density at radius 1 is 1.39 bits per heavy atom. The van der Waals surface area contributed by atoms with Crippen molar-refractivity contribution < 1.29 is 14.7 Å². The molecule has 1 amide bonds. The van der Waals surface area contributed by atoms with Gasteiger partial charge < -0.3 is 10.0 Å². The summed E-state index contributed by atoms with van der Waals surface area (Å²) in [5.74, 6) is -1.59. The van der Waals surface area contributed by atoms with Gasteiger partial charge in [-0.25, -0.2) is 0 Å². The summed E-state index contributed by atoms with van der Waals surface area (Å²) >= 11 is 0. The Bertz CT molecular complexity index is 574. The molecular weight excluding hydrogens is 294 g/mol. The average Bonchev–Trinajstić information content (AvgIpc) is 3.28. The molecule has 2 rings (SSSR count). The molecule has 1 atom stereocenters. The van der Waals surface area contributed by atoms with Crippen LogP contribution >= 0.6 is 0 Å². The van der Waals surface area contributed by atoms with Crippen LogP contribution in [0, 0.1) is 12.8 Å². The van der Waals surface area contributed by atoms with Gasteiger partial charge in [-0.1, -0.05) is 20.8 Å². The number of aryl methyl sites for hydroxylation is 1. The normalized spacial score (nSPS) is 15.7. The van der Waals surface area contributed by atoms with Crippen LogP contribution < -0.4 is 0 Å². The minimum Gasteiger partial charge on any atom is -0.481 e. The van der Waals surface area contributed by atoms with Crippen molar-refractivity contribution in [3.63, 3.8) is 0 Å². The van der Waals surface area contributed by atoms with E-state index in [1.54, 1.807) is 11.8 Å². The lowest BCUT2D eigenvalue weighted by Gasteiger charge is -2.23. The predicted molar refractivity (Wildman–Crippen MR) is 87.4 cm³/mol. The van der Waals surface area contributed by atoms with E-state index in [9.17, 15) is 9.59 Å². The molecule has 1 fully saturated rings. The first-order valence-corrected chi connectivity index (χ1v) is 8.48. The fraction of sp³-hybridized carbons (Fsp3) is 0.706. The molecule has 0 saturated heterocycles. The van der Waals surface area contributed by atoms with Gasteiger partial charge in [-0.3, -0.25) is 14.3 Å². The summed E-state index contributed by atoms with van der Waals surface area (Å²) in [5.41, 5.74) is 1.41. The first-order valence-electron chi connectivity index (χ1n) is 8.48. The standard InChI is InChI=1S/C17H27N3O3/c1-5-13(6-2)20-12(4)9-15(18-20)16(21)19(14-7-8-14)10-11(3)17(22)23/h9,11,13-14H,5-8,10H2,1-4H3,(H,22,23). The molecule has 0 aliphatic heterocycles. The molecular formula is C17H27N3O3. The zero-order valence-corrected chi connectivity index (χ0v) is 14.5. The maximum absolute atomic E-state index is 12.8. The Labute approximate surface area is 137 Å². The van der Waals surface area contributed by atoms with Crippen molar-refractivity contribution in [2.45, 2.75) is 65.5 Å². The van der Waals surface area contributed by atoms with Crippen molar-refractivity contribution in [1.82, 2.24) is 14.7 Å². The van der Waals surface area contributed by atoms with Crippen molar-refractivity contribution >= 4 is 11.9 Å². The number of aliphatic carboxylic acids is 1. The van der Waals surface area contributed by atoms with Crippen molar-refractivity contribution in [2.24, 2.45) is 5.92 Å². The van der Waals surface area contributed by atoms with E-state index in [4.69, 9.17) is 5.11 Å². The van der Waals surface area contributed by atoms with Gasteiger partial charge in [0.25, 0.3) is 5.91 Å². The Balaban J connectivity index is 2.20. The number of aromatic nitrogens is 2. The number of carbonyl (C=O) groups excluding carboxylic acids is 1. The Hall–Kier alpha value is -1.85. The van der Waals surface area contributed by atoms with Crippen LogP contribution in [0.2, 0.25) is 0 Å². The monoisotopic (exact) mass is 321 g/mol. The van der Waals surface area contributed by atoms with E-state index in [1.165, 1.54) is 0 Å². The van der Waals surface area contributed by atoms with Crippen LogP contribution in [0.25, 0.3) is 0 Å². The summed E-state index contributed by atoms with van der Waals surface area (Å²) in [6, 6.07) is 2.29. The molecule has 0 bridgehead atoms. The molecule has 0 radical (unpaired) electrons. The SMILES string of the molecule is CCC(CC)n1nc(C(=O)N(CC(C)C(=O)O)C2CC2)cc1C. The van der Waals surface area contributed by atoms with E-state index >= 15 is 0 Å². The first kappa shape index (κ1) is 17.5. The summed E-state index contributed by atoms with van der Waals surface area (Å²) < 4.78 is 1.93. The summed E-state index contributed by atoms with van der Waals surface area (Å²) in [7, 11) is 0. The van der Waals surface area contributed by atoms with Gasteiger partial charge in [-0.05, 0) is 38.7 Å². The molecule has 1 aromatic rings. The third-order valence-electron chi connectivity index (χ3n) is 4.57. The predicted octanol–water partition coefficient (Wildman–Crippen LogP) is 2.88. The van der Waals surface area contributed by atoms with Gasteiger partial charge in [-0.2, -0.15) is 5.10 Å². The molecule has 1 saturated carbocycles. The fourth-order valence-electron chi connectivity index (χ4n) is 2.90. The van der Waals surface area contributed by atoms with E-state index in [0.717, 1.165) is 31.4 Å². The number of carboxylic acid groups (broad SMARTS) is 1. The van der Waals surface area contributed by atoms with Gasteiger partial charge in [0.05, 0.1) is 12.0 Å². The van der Waals surface area contributed by atoms with Crippen LogP contribution in [0.4, 0.5) is 0 Å². The van der Waals surface area contributed by atoms with Gasteiger partial charge in [0, 0.05) is 18.3 Å². The lowest BCUT2D eigenvalue weighted by Crippen LogP contribution is -2.38. The Morgan fingerprint density at radius 2 is 2.00 bits per heavy atom. The second-order valence-electron chi connectivity index (χ2n) is 6.51. The molecule has 6 heteroatoms. The fourth-order valence-corrected chi connectivity index (χ4v) is 2.90. The molecule has 1 N–H and O–H groups in total. The molecule has 128 valence electrons. The highest BCUT2D eigenvalue weighted by Crippen LogP contribution is 2.29. The maximum Gasteiger partial charge on any atom is 0.308 e. The van der Waals surface area contributed by atoms with Crippen LogP contribution in [0.15, 0.2) is 6.07 Å². The first-order chi connectivity index (χ1) is 10.9. The van der Waals surface area contributed by atoms with Crippen LogP contribution in [0.3, 0.4) is 0 Å². The smallest absolute Gasteiger partial charge is 0.308 e. The lowest BCUT2D eigenvalue weighted by molar-refractivity contribution is -0.141. The number of carboxylic acids is 1. The second kappa shape index (κ2) is 7.15. The van der Waals surface area contributed by atoms with Crippen molar-refractivity contribution in [3.8, 4) is 0 Å². The zero-order valence-electron chi connectivity index (χ0n) is 14.5. The summed E-state index contributed by atoms with van der Waals surface area (Å²) in [6.07, 6.45) is 3.83. The Kier molecular flexibility index (Phi) is 5.44.